The molecule has 3 aromatic carbocycles. The van der Waals surface area contributed by atoms with Crippen molar-refractivity contribution >= 4 is 0 Å². The van der Waals surface area contributed by atoms with Crippen molar-refractivity contribution in [3.63, 3.8) is 0 Å². The molecule has 0 radical (unpaired) electrons. The Labute approximate surface area is 256 Å². The van der Waals surface area contributed by atoms with Gasteiger partial charge in [0.25, 0.3) is 0 Å². The molecule has 230 valence electrons. The molecular weight excluding hydrogens is 516 g/mol. The van der Waals surface area contributed by atoms with Crippen LogP contribution in [-0.4, -0.2) is 15.3 Å². The summed E-state index contributed by atoms with van der Waals surface area (Å²) < 4.78 is 0. The molecule has 0 amide bonds. The third kappa shape index (κ3) is 6.66. The lowest BCUT2D eigenvalue weighted by Crippen LogP contribution is -2.18. The third-order valence-electron chi connectivity index (χ3n) is 8.85. The molecule has 3 heteroatoms. The van der Waals surface area contributed by atoms with Crippen LogP contribution >= 0.6 is 0 Å². The van der Waals surface area contributed by atoms with Gasteiger partial charge in [-0.1, -0.05) is 107 Å². The molecular formula is C39H56O3. The van der Waals surface area contributed by atoms with E-state index in [1.165, 1.54) is 5.56 Å². The lowest BCUT2D eigenvalue weighted by atomic mass is 9.76. The van der Waals surface area contributed by atoms with Gasteiger partial charge in [-0.2, -0.15) is 0 Å². The molecule has 3 rings (SSSR count). The summed E-state index contributed by atoms with van der Waals surface area (Å²) in [4.78, 5) is 0. The highest BCUT2D eigenvalue weighted by Crippen LogP contribution is 2.43. The van der Waals surface area contributed by atoms with E-state index in [4.69, 9.17) is 0 Å². The number of rotatable bonds is 4. The lowest BCUT2D eigenvalue weighted by molar-refractivity contribution is 0.422. The maximum atomic E-state index is 11.4. The van der Waals surface area contributed by atoms with E-state index in [1.54, 1.807) is 0 Å². The van der Waals surface area contributed by atoms with E-state index in [-0.39, 0.29) is 21.7 Å². The summed E-state index contributed by atoms with van der Waals surface area (Å²) in [6.07, 6.45) is 1.34. The molecule has 0 aliphatic carbocycles. The fourth-order valence-electron chi connectivity index (χ4n) is 6.13. The number of phenols is 3. The van der Waals surface area contributed by atoms with Crippen LogP contribution in [0.25, 0.3) is 0 Å². The zero-order chi connectivity index (χ0) is 32.3. The highest BCUT2D eigenvalue weighted by molar-refractivity contribution is 5.59. The highest BCUT2D eigenvalue weighted by atomic mass is 16.3. The molecule has 0 bridgehead atoms. The summed E-state index contributed by atoms with van der Waals surface area (Å²) in [6, 6.07) is 8.58. The highest BCUT2D eigenvalue weighted by Gasteiger charge is 2.29. The fraction of sp³-hybridized carbons (Fsp3) is 0.538. The largest absolute Gasteiger partial charge is 0.507 e. The lowest BCUT2D eigenvalue weighted by Gasteiger charge is -2.29. The summed E-state index contributed by atoms with van der Waals surface area (Å²) in [7, 11) is 0. The number of hydrogen-bond acceptors (Lipinski definition) is 3. The van der Waals surface area contributed by atoms with Crippen molar-refractivity contribution in [2.24, 2.45) is 0 Å². The summed E-state index contributed by atoms with van der Waals surface area (Å²) in [6.45, 7) is 31.9. The Hall–Kier alpha value is -2.94. The SMILES string of the molecule is Cc1c(O)c(C)c(Cc2cc(C(C)(C)C)c(O)c(C(C)(C)C)c2)c(C)c1Cc1cc(C(C)(C)C)c(O)c(C(C)(C)C)c1. The average molecular weight is 573 g/mol. The van der Waals surface area contributed by atoms with Crippen molar-refractivity contribution in [2.45, 2.75) is 138 Å². The Bertz CT molecular complexity index is 1310. The van der Waals surface area contributed by atoms with Crippen LogP contribution in [-0.2, 0) is 34.5 Å². The van der Waals surface area contributed by atoms with Gasteiger partial charge in [0.1, 0.15) is 17.2 Å². The molecule has 0 fully saturated rings. The first kappa shape index (κ1) is 33.6. The summed E-state index contributed by atoms with van der Waals surface area (Å²) in [5, 5.41) is 33.9. The molecule has 3 nitrogen and oxygen atoms in total. The van der Waals surface area contributed by atoms with Gasteiger partial charge in [-0.3, -0.25) is 0 Å². The quantitative estimate of drug-likeness (QED) is 0.291. The summed E-state index contributed by atoms with van der Waals surface area (Å²) in [5.74, 6) is 1.12. The monoisotopic (exact) mass is 572 g/mol. The predicted octanol–water partition coefficient (Wildman–Crippen LogP) is 10.1. The molecule has 3 N–H and O–H groups in total. The van der Waals surface area contributed by atoms with Crippen LogP contribution in [0.2, 0.25) is 0 Å². The second-order valence-corrected chi connectivity index (χ2v) is 16.6. The molecule has 0 spiro atoms. The Morgan fingerprint density at radius 1 is 0.405 bits per heavy atom. The third-order valence-corrected chi connectivity index (χ3v) is 8.85. The zero-order valence-corrected chi connectivity index (χ0v) is 29.1. The van der Waals surface area contributed by atoms with Gasteiger partial charge >= 0.3 is 0 Å². The Morgan fingerprint density at radius 2 is 0.643 bits per heavy atom. The van der Waals surface area contributed by atoms with Gasteiger partial charge in [-0.25, -0.2) is 0 Å². The van der Waals surface area contributed by atoms with Gasteiger partial charge in [0, 0.05) is 0 Å². The minimum Gasteiger partial charge on any atom is -0.507 e. The van der Waals surface area contributed by atoms with Crippen molar-refractivity contribution in [2.75, 3.05) is 0 Å². The Morgan fingerprint density at radius 3 is 0.857 bits per heavy atom. The second-order valence-electron chi connectivity index (χ2n) is 16.6. The molecule has 0 aromatic heterocycles. The van der Waals surface area contributed by atoms with Crippen LogP contribution in [0, 0.1) is 20.8 Å². The predicted molar refractivity (Wildman–Crippen MR) is 179 cm³/mol. The van der Waals surface area contributed by atoms with E-state index in [1.807, 2.05) is 13.8 Å². The van der Waals surface area contributed by atoms with E-state index >= 15 is 0 Å². The van der Waals surface area contributed by atoms with E-state index < -0.39 is 0 Å². The fourth-order valence-corrected chi connectivity index (χ4v) is 6.13. The molecule has 0 heterocycles. The van der Waals surface area contributed by atoms with Gasteiger partial charge in [-0.05, 0) is 116 Å². The van der Waals surface area contributed by atoms with E-state index in [0.29, 0.717) is 30.1 Å². The molecule has 0 saturated carbocycles. The molecule has 42 heavy (non-hydrogen) atoms. The first-order chi connectivity index (χ1) is 18.9. The Kier molecular flexibility index (Phi) is 8.76. The van der Waals surface area contributed by atoms with Crippen LogP contribution < -0.4 is 0 Å². The summed E-state index contributed by atoms with van der Waals surface area (Å²) >= 11 is 0. The van der Waals surface area contributed by atoms with Crippen LogP contribution in [0.15, 0.2) is 24.3 Å². The molecule has 0 aliphatic heterocycles. The summed E-state index contributed by atoms with van der Waals surface area (Å²) in [5.41, 5.74) is 10.5. The second kappa shape index (κ2) is 11.0. The van der Waals surface area contributed by atoms with Gasteiger partial charge < -0.3 is 15.3 Å². The maximum Gasteiger partial charge on any atom is 0.123 e. The van der Waals surface area contributed by atoms with Gasteiger partial charge in [0.05, 0.1) is 0 Å². The Balaban J connectivity index is 2.24. The van der Waals surface area contributed by atoms with Crippen LogP contribution in [0.1, 0.15) is 144 Å². The van der Waals surface area contributed by atoms with E-state index in [2.05, 4.69) is 114 Å². The number of phenolic OH excluding ortho intramolecular Hbond substituents is 3. The number of hydrogen-bond donors (Lipinski definition) is 3. The van der Waals surface area contributed by atoms with Gasteiger partial charge in [0.15, 0.2) is 0 Å². The number of benzene rings is 3. The minimum absolute atomic E-state index is 0.209. The minimum atomic E-state index is -0.209. The topological polar surface area (TPSA) is 60.7 Å². The maximum absolute atomic E-state index is 11.4. The van der Waals surface area contributed by atoms with Crippen molar-refractivity contribution in [3.05, 3.63) is 85.5 Å². The molecule has 0 saturated heterocycles. The van der Waals surface area contributed by atoms with Gasteiger partial charge in [-0.15, -0.1) is 0 Å². The molecule has 0 unspecified atom stereocenters. The molecule has 3 aromatic rings. The standard InChI is InChI=1S/C39H56O3/c1-22-27(16-25-18-29(36(4,5)6)34(41)30(19-25)37(7,8)9)23(2)33(40)24(3)28(22)17-26-20-31(38(10,11)12)35(42)32(21-26)39(13,14)15/h18-21,40-42H,16-17H2,1-15H3. The van der Waals surface area contributed by atoms with Crippen molar-refractivity contribution in [1.29, 1.82) is 0 Å². The average Bonchev–Trinajstić information content (AvgIpc) is 2.82. The van der Waals surface area contributed by atoms with Crippen LogP contribution in [0.3, 0.4) is 0 Å². The molecule has 0 aliphatic rings. The normalized spacial score (nSPS) is 13.1. The van der Waals surface area contributed by atoms with Crippen LogP contribution in [0.4, 0.5) is 0 Å². The van der Waals surface area contributed by atoms with Crippen molar-refractivity contribution in [1.82, 2.24) is 0 Å². The molecule has 0 atom stereocenters. The number of aromatic hydroxyl groups is 3. The van der Waals surface area contributed by atoms with Crippen molar-refractivity contribution < 1.29 is 15.3 Å². The smallest absolute Gasteiger partial charge is 0.123 e. The van der Waals surface area contributed by atoms with Crippen LogP contribution in [0.5, 0.6) is 17.2 Å². The first-order valence-electron chi connectivity index (χ1n) is 15.4. The van der Waals surface area contributed by atoms with E-state index in [9.17, 15) is 15.3 Å². The van der Waals surface area contributed by atoms with Gasteiger partial charge in [0.2, 0.25) is 0 Å². The first-order valence-corrected chi connectivity index (χ1v) is 15.4. The van der Waals surface area contributed by atoms with Crippen molar-refractivity contribution in [3.8, 4) is 17.2 Å². The van der Waals surface area contributed by atoms with E-state index in [0.717, 1.165) is 55.6 Å². The zero-order valence-electron chi connectivity index (χ0n) is 29.1.